The standard InChI is InChI=1S/C78H52F2N2O/c1-3-19-50(2)65-46-54(51-20-7-4-8-21-51)32-44-71(65)82(59-40-36-57(80)37-41-59)73-49-70-75(77-76(73)64-28-15-18-31-74(64)83-77)63-43-42-60(48-69(63)78(70)67-29-16-13-26-61(67)62-27-14-17-30-68(62)78)81(58-38-34-56(79)35-39-58)72-45-33-55(52-22-9-5-10-23-52)47-66(72)53-24-11-6-12-25-53/h3-49H,1H2,2H3/b50-19+. The molecule has 1 spiro atoms. The molecule has 0 aliphatic heterocycles. The Morgan fingerprint density at radius 3 is 1.57 bits per heavy atom. The number of benzene rings is 12. The van der Waals surface area contributed by atoms with Crippen LogP contribution in [-0.2, 0) is 5.41 Å². The van der Waals surface area contributed by atoms with Gasteiger partial charge in [-0.25, -0.2) is 8.78 Å². The zero-order chi connectivity index (χ0) is 55.8. The number of anilines is 6. The normalized spacial score (nSPS) is 12.7. The lowest BCUT2D eigenvalue weighted by atomic mass is 9.70. The van der Waals surface area contributed by atoms with Crippen LogP contribution in [0.1, 0.15) is 34.7 Å². The van der Waals surface area contributed by atoms with Crippen LogP contribution in [0.4, 0.5) is 42.9 Å². The van der Waals surface area contributed by atoms with Gasteiger partial charge in [-0.3, -0.25) is 0 Å². The fraction of sp³-hybridized carbons (Fsp3) is 0.0256. The topological polar surface area (TPSA) is 19.6 Å². The molecule has 394 valence electrons. The van der Waals surface area contributed by atoms with Crippen LogP contribution in [0.25, 0.3) is 83.1 Å². The van der Waals surface area contributed by atoms with Crippen molar-refractivity contribution in [2.45, 2.75) is 12.3 Å². The van der Waals surface area contributed by atoms with Gasteiger partial charge in [-0.05, 0) is 176 Å². The molecule has 0 atom stereocenters. The number of furan rings is 1. The molecule has 1 heterocycles. The molecule has 0 saturated heterocycles. The third kappa shape index (κ3) is 7.91. The number of para-hydroxylation sites is 1. The van der Waals surface area contributed by atoms with Gasteiger partial charge in [0.2, 0.25) is 0 Å². The summed E-state index contributed by atoms with van der Waals surface area (Å²) in [5.41, 5.74) is 23.0. The lowest BCUT2D eigenvalue weighted by molar-refractivity contribution is 0.627. The fourth-order valence-corrected chi connectivity index (χ4v) is 13.3. The maximum Gasteiger partial charge on any atom is 0.145 e. The van der Waals surface area contributed by atoms with Crippen LogP contribution in [0.15, 0.2) is 296 Å². The fourth-order valence-electron chi connectivity index (χ4n) is 13.3. The van der Waals surface area contributed by atoms with E-state index < -0.39 is 5.41 Å². The summed E-state index contributed by atoms with van der Waals surface area (Å²) in [6.45, 7) is 6.26. The Balaban J connectivity index is 1.05. The van der Waals surface area contributed by atoms with Crippen molar-refractivity contribution in [3.63, 3.8) is 0 Å². The van der Waals surface area contributed by atoms with Gasteiger partial charge in [-0.1, -0.05) is 195 Å². The number of nitrogens with zero attached hydrogens (tertiary/aromatic N) is 2. The molecule has 2 aliphatic rings. The summed E-state index contributed by atoms with van der Waals surface area (Å²) in [6.07, 6.45) is 3.88. The Bertz CT molecular complexity index is 4670. The second-order valence-electron chi connectivity index (χ2n) is 21.5. The highest BCUT2D eigenvalue weighted by Gasteiger charge is 2.53. The molecule has 0 N–H and O–H groups in total. The SMILES string of the molecule is C=C/C=C(\C)c1cc(-c2ccccc2)ccc1N(c1ccc(F)cc1)c1cc2c(c3oc4ccccc4c13)-c1ccc(N(c3ccc(F)cc3)c3ccc(-c4ccccc4)cc3-c3ccccc3)cc1C21c2ccccc2-c2ccccc21. The van der Waals surface area contributed by atoms with E-state index in [-0.39, 0.29) is 11.6 Å². The van der Waals surface area contributed by atoms with Gasteiger partial charge in [0.1, 0.15) is 22.8 Å². The van der Waals surface area contributed by atoms with Gasteiger partial charge in [0.05, 0.1) is 27.9 Å². The molecule has 0 radical (unpaired) electrons. The smallest absolute Gasteiger partial charge is 0.145 e. The van der Waals surface area contributed by atoms with Gasteiger partial charge < -0.3 is 14.2 Å². The van der Waals surface area contributed by atoms with Gasteiger partial charge in [0, 0.05) is 39.1 Å². The Kier molecular flexibility index (Phi) is 11.8. The number of allylic oxidation sites excluding steroid dienone is 3. The highest BCUT2D eigenvalue weighted by molar-refractivity contribution is 6.20. The molecule has 2 aliphatic carbocycles. The average molecular weight is 1070 g/mol. The van der Waals surface area contributed by atoms with E-state index in [4.69, 9.17) is 4.42 Å². The first kappa shape index (κ1) is 49.4. The molecule has 15 rings (SSSR count). The number of rotatable bonds is 11. The van der Waals surface area contributed by atoms with E-state index in [1.54, 1.807) is 24.3 Å². The third-order valence-corrected chi connectivity index (χ3v) is 16.9. The third-order valence-electron chi connectivity index (χ3n) is 16.9. The van der Waals surface area contributed by atoms with E-state index in [2.05, 4.69) is 217 Å². The molecule has 0 unspecified atom stereocenters. The summed E-state index contributed by atoms with van der Waals surface area (Å²) in [5.74, 6) is -0.642. The van der Waals surface area contributed by atoms with Crippen LogP contribution in [0.2, 0.25) is 0 Å². The van der Waals surface area contributed by atoms with E-state index in [0.29, 0.717) is 0 Å². The number of fused-ring (bicyclic) bond motifs is 14. The Labute approximate surface area is 481 Å². The highest BCUT2D eigenvalue weighted by Crippen LogP contribution is 2.66. The molecular formula is C78H52F2N2O. The minimum absolute atomic E-state index is 0.314. The zero-order valence-electron chi connectivity index (χ0n) is 45.4. The minimum atomic E-state index is -0.892. The second kappa shape index (κ2) is 19.9. The van der Waals surface area contributed by atoms with Crippen LogP contribution < -0.4 is 9.80 Å². The number of halogens is 2. The lowest BCUT2D eigenvalue weighted by Crippen LogP contribution is -2.26. The van der Waals surface area contributed by atoms with Crippen LogP contribution in [0, 0.1) is 11.6 Å². The summed E-state index contributed by atoms with van der Waals surface area (Å²) in [5, 5.41) is 1.88. The maximum atomic E-state index is 15.4. The quantitative estimate of drug-likeness (QED) is 0.120. The lowest BCUT2D eigenvalue weighted by Gasteiger charge is -2.34. The van der Waals surface area contributed by atoms with E-state index in [1.165, 1.54) is 0 Å². The molecular weight excluding hydrogens is 1020 g/mol. The average Bonchev–Trinajstić information content (AvgIpc) is 1.67. The Morgan fingerprint density at radius 2 is 0.940 bits per heavy atom. The van der Waals surface area contributed by atoms with Crippen molar-refractivity contribution in [3.05, 3.63) is 331 Å². The van der Waals surface area contributed by atoms with Gasteiger partial charge >= 0.3 is 0 Å². The van der Waals surface area contributed by atoms with Crippen LogP contribution >= 0.6 is 0 Å². The molecule has 5 heteroatoms. The first-order valence-corrected chi connectivity index (χ1v) is 28.1. The van der Waals surface area contributed by atoms with E-state index >= 15 is 8.78 Å². The van der Waals surface area contributed by atoms with Crippen molar-refractivity contribution in [3.8, 4) is 55.6 Å². The van der Waals surface area contributed by atoms with Crippen LogP contribution in [0.5, 0.6) is 0 Å². The van der Waals surface area contributed by atoms with Crippen molar-refractivity contribution >= 4 is 61.6 Å². The van der Waals surface area contributed by atoms with Gasteiger partial charge in [-0.15, -0.1) is 0 Å². The molecule has 0 bridgehead atoms. The van der Waals surface area contributed by atoms with E-state index in [0.717, 1.165) is 145 Å². The van der Waals surface area contributed by atoms with Gasteiger partial charge in [-0.2, -0.15) is 0 Å². The van der Waals surface area contributed by atoms with Crippen molar-refractivity contribution in [2.75, 3.05) is 9.80 Å². The predicted octanol–water partition coefficient (Wildman–Crippen LogP) is 21.7. The van der Waals surface area contributed by atoms with Crippen LogP contribution in [0.3, 0.4) is 0 Å². The van der Waals surface area contributed by atoms with Crippen molar-refractivity contribution in [1.29, 1.82) is 0 Å². The number of hydrogen-bond donors (Lipinski definition) is 0. The van der Waals surface area contributed by atoms with Crippen molar-refractivity contribution in [1.82, 2.24) is 0 Å². The first-order chi connectivity index (χ1) is 40.9. The highest BCUT2D eigenvalue weighted by atomic mass is 19.1. The summed E-state index contributed by atoms with van der Waals surface area (Å²) < 4.78 is 38.0. The zero-order valence-corrected chi connectivity index (χ0v) is 45.4. The summed E-state index contributed by atoms with van der Waals surface area (Å²) in [6, 6.07) is 93.5. The molecule has 0 saturated carbocycles. The largest absolute Gasteiger partial charge is 0.455 e. The molecule has 12 aromatic carbocycles. The van der Waals surface area contributed by atoms with Crippen molar-refractivity contribution < 1.29 is 13.2 Å². The van der Waals surface area contributed by atoms with E-state index in [9.17, 15) is 0 Å². The van der Waals surface area contributed by atoms with Crippen molar-refractivity contribution in [2.24, 2.45) is 0 Å². The Morgan fingerprint density at radius 1 is 0.410 bits per heavy atom. The molecule has 1 aromatic heterocycles. The monoisotopic (exact) mass is 1070 g/mol. The molecule has 0 amide bonds. The predicted molar refractivity (Wildman–Crippen MR) is 339 cm³/mol. The van der Waals surface area contributed by atoms with Gasteiger partial charge in [0.15, 0.2) is 0 Å². The van der Waals surface area contributed by atoms with Gasteiger partial charge in [0.25, 0.3) is 0 Å². The first-order valence-electron chi connectivity index (χ1n) is 28.1. The summed E-state index contributed by atoms with van der Waals surface area (Å²) in [7, 11) is 0. The van der Waals surface area contributed by atoms with Crippen LogP contribution in [-0.4, -0.2) is 0 Å². The Hall–Kier alpha value is -10.6. The molecule has 83 heavy (non-hydrogen) atoms. The molecule has 3 nitrogen and oxygen atoms in total. The van der Waals surface area contributed by atoms with E-state index in [1.807, 2.05) is 66.7 Å². The summed E-state index contributed by atoms with van der Waals surface area (Å²) >= 11 is 0. The molecule has 0 fully saturated rings. The second-order valence-corrected chi connectivity index (χ2v) is 21.5. The summed E-state index contributed by atoms with van der Waals surface area (Å²) in [4.78, 5) is 4.57. The maximum absolute atomic E-state index is 15.4. The number of hydrogen-bond acceptors (Lipinski definition) is 3. The minimum Gasteiger partial charge on any atom is -0.455 e. The molecule has 13 aromatic rings.